The topological polar surface area (TPSA) is 20.2 Å². The minimum atomic E-state index is -0.794. The molecule has 0 spiro atoms. The van der Waals surface area contributed by atoms with Crippen LogP contribution in [0.2, 0.25) is 0 Å². The Morgan fingerprint density at radius 1 is 0.706 bits per heavy atom. The number of aliphatic hydroxyl groups is 1. The van der Waals surface area contributed by atoms with Crippen molar-refractivity contribution < 1.29 is 31.3 Å². The summed E-state index contributed by atoms with van der Waals surface area (Å²) in [6.45, 7) is 7.75. The molecule has 0 saturated carbocycles. The van der Waals surface area contributed by atoms with Crippen LogP contribution in [-0.2, 0) is 26.2 Å². The minimum absolute atomic E-state index is 0. The summed E-state index contributed by atoms with van der Waals surface area (Å²) in [5.74, 6) is 0. The average molecular weight is 527 g/mol. The molecule has 1 N–H and O–H groups in total. The second-order valence-electron chi connectivity index (χ2n) is 8.81. The maximum absolute atomic E-state index is 10.3. The number of allylic oxidation sites excluding steroid dienone is 2. The molecule has 4 aromatic carbocycles. The second-order valence-corrected chi connectivity index (χ2v) is 8.81. The zero-order valence-corrected chi connectivity index (χ0v) is 23.1. The first-order valence-electron chi connectivity index (χ1n) is 11.3. The molecule has 2 heteroatoms. The Balaban J connectivity index is 0.000000430. The van der Waals surface area contributed by atoms with E-state index in [1.165, 1.54) is 0 Å². The van der Waals surface area contributed by atoms with Crippen molar-refractivity contribution in [2.45, 2.75) is 33.3 Å². The Bertz CT molecular complexity index is 973. The van der Waals surface area contributed by atoms with Crippen LogP contribution in [0.1, 0.15) is 38.8 Å². The van der Waals surface area contributed by atoms with Gasteiger partial charge >= 0.3 is 0 Å². The van der Waals surface area contributed by atoms with Crippen LogP contribution in [0.3, 0.4) is 0 Å². The fraction of sp³-hybridized carbons (Fsp3) is 0.188. The van der Waals surface area contributed by atoms with Crippen LogP contribution in [0.5, 0.6) is 0 Å². The number of hydrogen-bond acceptors (Lipinski definition) is 1. The van der Waals surface area contributed by atoms with Gasteiger partial charge in [0.2, 0.25) is 0 Å². The van der Waals surface area contributed by atoms with Gasteiger partial charge < -0.3 is 5.11 Å². The van der Waals surface area contributed by atoms with E-state index in [9.17, 15) is 5.11 Å². The molecule has 4 rings (SSSR count). The summed E-state index contributed by atoms with van der Waals surface area (Å²) in [5, 5.41) is 10.3. The molecule has 0 radical (unpaired) electrons. The van der Waals surface area contributed by atoms with Gasteiger partial charge in [-0.15, -0.1) is 41.5 Å². The fourth-order valence-corrected chi connectivity index (χ4v) is 2.64. The van der Waals surface area contributed by atoms with E-state index in [1.54, 1.807) is 0 Å². The molecule has 0 aliphatic heterocycles. The molecule has 34 heavy (non-hydrogen) atoms. The maximum Gasteiger partial charge on any atom is 0.0670 e. The van der Waals surface area contributed by atoms with Crippen molar-refractivity contribution in [1.29, 1.82) is 0 Å². The third-order valence-electron chi connectivity index (χ3n) is 5.49. The SMILES string of the molecule is CC(C)(O)C(C)(C)/C=C\C(=[C-]c1ccccc1)c1ccccc1.[Zr].c1cc[cH-]c1.c1cc[cH-]c1. The molecule has 0 atom stereocenters. The molecule has 0 aliphatic rings. The van der Waals surface area contributed by atoms with E-state index in [0.29, 0.717) is 0 Å². The van der Waals surface area contributed by atoms with Crippen molar-refractivity contribution in [3.63, 3.8) is 0 Å². The first-order valence-corrected chi connectivity index (χ1v) is 11.3. The molecule has 0 fully saturated rings. The van der Waals surface area contributed by atoms with Gasteiger partial charge in [-0.1, -0.05) is 67.9 Å². The zero-order valence-electron chi connectivity index (χ0n) is 20.6. The van der Waals surface area contributed by atoms with Gasteiger partial charge in [-0.05, 0) is 13.8 Å². The largest absolute Gasteiger partial charge is 0.390 e. The van der Waals surface area contributed by atoms with Crippen molar-refractivity contribution in [3.05, 3.63) is 151 Å². The van der Waals surface area contributed by atoms with Crippen LogP contribution in [0, 0.1) is 11.5 Å². The van der Waals surface area contributed by atoms with Crippen molar-refractivity contribution in [2.75, 3.05) is 0 Å². The quantitative estimate of drug-likeness (QED) is 0.158. The molecule has 0 amide bonds. The monoisotopic (exact) mass is 525 g/mol. The Kier molecular flexibility index (Phi) is 13.3. The second kappa shape index (κ2) is 15.4. The van der Waals surface area contributed by atoms with Crippen LogP contribution < -0.4 is 0 Å². The smallest absolute Gasteiger partial charge is 0.0670 e. The van der Waals surface area contributed by atoms with Crippen molar-refractivity contribution in [2.24, 2.45) is 5.41 Å². The van der Waals surface area contributed by atoms with Gasteiger partial charge in [0.05, 0.1) is 5.60 Å². The molecule has 0 unspecified atom stereocenters. The van der Waals surface area contributed by atoms with Gasteiger partial charge in [-0.2, -0.15) is 36.4 Å². The third kappa shape index (κ3) is 11.1. The number of benzene rings is 2. The van der Waals surface area contributed by atoms with Crippen LogP contribution >= 0.6 is 0 Å². The Labute approximate surface area is 225 Å². The summed E-state index contributed by atoms with van der Waals surface area (Å²) in [5.41, 5.74) is 2.02. The predicted molar refractivity (Wildman–Crippen MR) is 142 cm³/mol. The predicted octanol–water partition coefficient (Wildman–Crippen LogP) is 8.08. The summed E-state index contributed by atoms with van der Waals surface area (Å²) in [7, 11) is 0. The third-order valence-corrected chi connectivity index (χ3v) is 5.49. The maximum atomic E-state index is 10.3. The molecule has 0 aliphatic carbocycles. The molecule has 0 aromatic heterocycles. The summed E-state index contributed by atoms with van der Waals surface area (Å²) >= 11 is 0. The molecule has 0 saturated heterocycles. The minimum Gasteiger partial charge on any atom is -0.390 e. The Morgan fingerprint density at radius 2 is 1.15 bits per heavy atom. The average Bonchev–Trinajstić information content (AvgIpc) is 3.56. The van der Waals surface area contributed by atoms with E-state index in [-0.39, 0.29) is 31.6 Å². The summed E-state index contributed by atoms with van der Waals surface area (Å²) in [4.78, 5) is 0. The summed E-state index contributed by atoms with van der Waals surface area (Å²) in [6, 6.07) is 40.3. The first-order chi connectivity index (χ1) is 15.8. The summed E-state index contributed by atoms with van der Waals surface area (Å²) in [6.07, 6.45) is 7.58. The normalized spacial score (nSPS) is 11.5. The standard InChI is InChI=1S/C22H25O.2C5H5.Zr/c1-21(2,22(3,4)23)16-15-20(19-13-9-6-10-14-19)17-18-11-7-5-8-12-18;2*1-2-4-5-3-1;/h5-16,23H,1-4H3;2*1-5H;/q3*-1;/b16-15-;;;. The molecule has 0 bridgehead atoms. The van der Waals surface area contributed by atoms with E-state index in [0.717, 1.165) is 16.7 Å². The molecule has 1 nitrogen and oxygen atoms in total. The van der Waals surface area contributed by atoms with E-state index in [2.05, 4.69) is 30.4 Å². The fourth-order valence-electron chi connectivity index (χ4n) is 2.64. The Morgan fingerprint density at radius 3 is 1.53 bits per heavy atom. The van der Waals surface area contributed by atoms with E-state index in [1.807, 2.05) is 137 Å². The number of hydrogen-bond donors (Lipinski definition) is 1. The Hall–Kier alpha value is -2.54. The molecular formula is C32H35OZr-3. The van der Waals surface area contributed by atoms with Crippen molar-refractivity contribution in [3.8, 4) is 0 Å². The number of rotatable bonds is 5. The van der Waals surface area contributed by atoms with E-state index >= 15 is 0 Å². The van der Waals surface area contributed by atoms with Crippen molar-refractivity contribution in [1.82, 2.24) is 0 Å². The van der Waals surface area contributed by atoms with Gasteiger partial charge in [0.15, 0.2) is 0 Å². The molecular weight excluding hydrogens is 492 g/mol. The molecule has 4 aromatic rings. The van der Waals surface area contributed by atoms with Crippen LogP contribution in [0.25, 0.3) is 5.57 Å². The molecule has 0 heterocycles. The van der Waals surface area contributed by atoms with Crippen LogP contribution in [0.15, 0.2) is 133 Å². The van der Waals surface area contributed by atoms with E-state index < -0.39 is 5.60 Å². The van der Waals surface area contributed by atoms with Gasteiger partial charge in [-0.3, -0.25) is 0 Å². The van der Waals surface area contributed by atoms with Gasteiger partial charge in [-0.25, -0.2) is 24.3 Å². The van der Waals surface area contributed by atoms with E-state index in [4.69, 9.17) is 0 Å². The van der Waals surface area contributed by atoms with Gasteiger partial charge in [0, 0.05) is 31.6 Å². The van der Waals surface area contributed by atoms with Crippen LogP contribution in [0.4, 0.5) is 0 Å². The first kappa shape index (κ1) is 29.5. The summed E-state index contributed by atoms with van der Waals surface area (Å²) < 4.78 is 0. The van der Waals surface area contributed by atoms with Crippen molar-refractivity contribution >= 4 is 5.57 Å². The van der Waals surface area contributed by atoms with Gasteiger partial charge in [0.1, 0.15) is 0 Å². The van der Waals surface area contributed by atoms with Gasteiger partial charge in [0.25, 0.3) is 0 Å². The van der Waals surface area contributed by atoms with Crippen LogP contribution in [-0.4, -0.2) is 10.7 Å². The molecule has 176 valence electrons. The zero-order chi connectivity index (χ0) is 24.0.